The van der Waals surface area contributed by atoms with Crippen LogP contribution in [0.3, 0.4) is 0 Å². The lowest BCUT2D eigenvalue weighted by Gasteiger charge is -1.98. The van der Waals surface area contributed by atoms with Crippen LogP contribution >= 0.6 is 22.9 Å². The summed E-state index contributed by atoms with van der Waals surface area (Å²) in [6.45, 7) is 0. The van der Waals surface area contributed by atoms with Gasteiger partial charge in [-0.3, -0.25) is 14.9 Å². The second-order valence-corrected chi connectivity index (χ2v) is 6.94. The maximum absolute atomic E-state index is 12.4. The SMILES string of the molecule is O=C(/C=C/c1coc2ccccc2c1=O)Nc1nc2ccc(Cl)cc2s1. The third kappa shape index (κ3) is 3.24. The smallest absolute Gasteiger partial charge is 0.250 e. The van der Waals surface area contributed by atoms with E-state index >= 15 is 0 Å². The zero-order chi connectivity index (χ0) is 18.1. The fourth-order valence-corrected chi connectivity index (χ4v) is 3.62. The Morgan fingerprint density at radius 2 is 2.08 bits per heavy atom. The summed E-state index contributed by atoms with van der Waals surface area (Å²) < 4.78 is 6.30. The van der Waals surface area contributed by atoms with Gasteiger partial charge in [-0.15, -0.1) is 0 Å². The minimum absolute atomic E-state index is 0.189. The predicted molar refractivity (Wildman–Crippen MR) is 105 cm³/mol. The van der Waals surface area contributed by atoms with Crippen LogP contribution in [0, 0.1) is 0 Å². The van der Waals surface area contributed by atoms with Gasteiger partial charge in [-0.25, -0.2) is 4.98 Å². The molecule has 2 heterocycles. The van der Waals surface area contributed by atoms with Crippen LogP contribution < -0.4 is 10.7 Å². The van der Waals surface area contributed by atoms with Crippen molar-refractivity contribution in [2.24, 2.45) is 0 Å². The Hall–Kier alpha value is -2.96. The second kappa shape index (κ2) is 6.74. The molecule has 0 saturated heterocycles. The number of amides is 1. The van der Waals surface area contributed by atoms with Gasteiger partial charge in [-0.1, -0.05) is 35.1 Å². The number of hydrogen-bond donors (Lipinski definition) is 1. The van der Waals surface area contributed by atoms with Crippen LogP contribution in [0.1, 0.15) is 5.56 Å². The molecule has 4 rings (SSSR count). The first-order valence-corrected chi connectivity index (χ1v) is 8.85. The summed E-state index contributed by atoms with van der Waals surface area (Å²) in [5.41, 5.74) is 1.38. The summed E-state index contributed by atoms with van der Waals surface area (Å²) in [5.74, 6) is -0.386. The van der Waals surface area contributed by atoms with E-state index in [4.69, 9.17) is 16.0 Å². The standard InChI is InChI=1S/C19H11ClN2O3S/c20-12-6-7-14-16(9-12)26-19(21-14)22-17(23)8-5-11-10-25-15-4-2-1-3-13(15)18(11)24/h1-10H,(H,21,22,23)/b8-5+. The molecule has 0 aliphatic rings. The number of carbonyl (C=O) groups excluding carboxylic acids is 1. The van der Waals surface area contributed by atoms with Crippen molar-refractivity contribution in [3.8, 4) is 0 Å². The average molecular weight is 383 g/mol. The first-order chi connectivity index (χ1) is 12.6. The van der Waals surface area contributed by atoms with Gasteiger partial charge >= 0.3 is 0 Å². The molecule has 0 unspecified atom stereocenters. The molecule has 4 aromatic rings. The molecule has 7 heteroatoms. The number of nitrogens with one attached hydrogen (secondary N) is 1. The fourth-order valence-electron chi connectivity index (χ4n) is 2.47. The number of benzene rings is 2. The number of nitrogens with zero attached hydrogens (tertiary/aromatic N) is 1. The molecule has 0 aliphatic heterocycles. The Morgan fingerprint density at radius 3 is 2.96 bits per heavy atom. The third-order valence-corrected chi connectivity index (χ3v) is 4.87. The summed E-state index contributed by atoms with van der Waals surface area (Å²) in [6.07, 6.45) is 4.05. The molecule has 128 valence electrons. The molecule has 2 aromatic heterocycles. The van der Waals surface area contributed by atoms with E-state index in [0.29, 0.717) is 26.7 Å². The monoisotopic (exact) mass is 382 g/mol. The van der Waals surface area contributed by atoms with E-state index in [0.717, 1.165) is 10.2 Å². The Morgan fingerprint density at radius 1 is 1.23 bits per heavy atom. The van der Waals surface area contributed by atoms with E-state index in [-0.39, 0.29) is 11.3 Å². The van der Waals surface area contributed by atoms with Gasteiger partial charge < -0.3 is 4.42 Å². The van der Waals surface area contributed by atoms with Crippen molar-refractivity contribution in [1.29, 1.82) is 0 Å². The van der Waals surface area contributed by atoms with Crippen LogP contribution in [0.4, 0.5) is 5.13 Å². The Balaban J connectivity index is 1.55. The zero-order valence-corrected chi connectivity index (χ0v) is 14.8. The lowest BCUT2D eigenvalue weighted by molar-refractivity contribution is -0.111. The largest absolute Gasteiger partial charge is 0.463 e. The van der Waals surface area contributed by atoms with Crippen LogP contribution in [0.25, 0.3) is 27.3 Å². The van der Waals surface area contributed by atoms with Crippen LogP contribution in [0.5, 0.6) is 0 Å². The zero-order valence-electron chi connectivity index (χ0n) is 13.2. The van der Waals surface area contributed by atoms with Gasteiger partial charge in [0.2, 0.25) is 5.91 Å². The number of anilines is 1. The summed E-state index contributed by atoms with van der Waals surface area (Å²) in [5, 5.41) is 4.23. The van der Waals surface area contributed by atoms with Crippen molar-refractivity contribution >= 4 is 61.2 Å². The Bertz CT molecular complexity index is 1230. The van der Waals surface area contributed by atoms with E-state index in [2.05, 4.69) is 10.3 Å². The number of hydrogen-bond acceptors (Lipinski definition) is 5. The molecule has 1 amide bonds. The summed E-state index contributed by atoms with van der Waals surface area (Å²) in [4.78, 5) is 28.8. The highest BCUT2D eigenvalue weighted by molar-refractivity contribution is 7.22. The number of carbonyl (C=O) groups is 1. The molecule has 0 saturated carbocycles. The van der Waals surface area contributed by atoms with E-state index in [1.165, 1.54) is 29.8 Å². The van der Waals surface area contributed by atoms with Gasteiger partial charge in [0.15, 0.2) is 10.6 Å². The normalized spacial score (nSPS) is 11.4. The number of para-hydroxylation sites is 1. The highest BCUT2D eigenvalue weighted by Gasteiger charge is 2.08. The number of halogens is 1. The number of rotatable bonds is 3. The number of aromatic nitrogens is 1. The average Bonchev–Trinajstić information content (AvgIpc) is 3.02. The molecule has 5 nitrogen and oxygen atoms in total. The molecule has 0 radical (unpaired) electrons. The summed E-state index contributed by atoms with van der Waals surface area (Å²) >= 11 is 7.27. The maximum Gasteiger partial charge on any atom is 0.250 e. The van der Waals surface area contributed by atoms with Gasteiger partial charge in [-0.2, -0.15) is 0 Å². The van der Waals surface area contributed by atoms with Gasteiger partial charge in [0.25, 0.3) is 0 Å². The van der Waals surface area contributed by atoms with Crippen molar-refractivity contribution < 1.29 is 9.21 Å². The van der Waals surface area contributed by atoms with E-state index in [9.17, 15) is 9.59 Å². The van der Waals surface area contributed by atoms with Crippen molar-refractivity contribution in [2.75, 3.05) is 5.32 Å². The first-order valence-electron chi connectivity index (χ1n) is 7.66. The Labute approximate surface area is 156 Å². The molecule has 0 aliphatic carbocycles. The van der Waals surface area contributed by atoms with Crippen LogP contribution in [0.15, 0.2) is 64.0 Å². The van der Waals surface area contributed by atoms with E-state index < -0.39 is 0 Å². The topological polar surface area (TPSA) is 72.2 Å². The fraction of sp³-hybridized carbons (Fsp3) is 0. The van der Waals surface area contributed by atoms with Gasteiger partial charge in [0, 0.05) is 11.1 Å². The van der Waals surface area contributed by atoms with Crippen molar-refractivity contribution in [3.05, 3.63) is 75.6 Å². The van der Waals surface area contributed by atoms with Gasteiger partial charge in [-0.05, 0) is 36.4 Å². The van der Waals surface area contributed by atoms with E-state index in [1.54, 1.807) is 42.5 Å². The lowest BCUT2D eigenvalue weighted by atomic mass is 10.1. The molecule has 2 aromatic carbocycles. The second-order valence-electron chi connectivity index (χ2n) is 5.47. The maximum atomic E-state index is 12.4. The van der Waals surface area contributed by atoms with Crippen molar-refractivity contribution in [3.63, 3.8) is 0 Å². The minimum Gasteiger partial charge on any atom is -0.463 e. The minimum atomic E-state index is -0.386. The molecule has 0 fully saturated rings. The molecular formula is C19H11ClN2O3S. The first kappa shape index (κ1) is 16.5. The highest BCUT2D eigenvalue weighted by Crippen LogP contribution is 2.28. The predicted octanol–water partition coefficient (Wildman–Crippen LogP) is 4.71. The van der Waals surface area contributed by atoms with Crippen LogP contribution in [-0.4, -0.2) is 10.9 Å². The highest BCUT2D eigenvalue weighted by atomic mass is 35.5. The molecule has 1 N–H and O–H groups in total. The number of fused-ring (bicyclic) bond motifs is 2. The molecule has 0 spiro atoms. The third-order valence-electron chi connectivity index (χ3n) is 3.70. The van der Waals surface area contributed by atoms with Gasteiger partial charge in [0.1, 0.15) is 11.8 Å². The van der Waals surface area contributed by atoms with Crippen LogP contribution in [-0.2, 0) is 4.79 Å². The summed E-state index contributed by atoms with van der Waals surface area (Å²) in [7, 11) is 0. The molecule has 26 heavy (non-hydrogen) atoms. The Kier molecular flexibility index (Phi) is 4.28. The van der Waals surface area contributed by atoms with Gasteiger partial charge in [0.05, 0.1) is 21.2 Å². The van der Waals surface area contributed by atoms with Crippen molar-refractivity contribution in [2.45, 2.75) is 0 Å². The number of thiazole rings is 1. The molecule has 0 atom stereocenters. The quantitative estimate of drug-likeness (QED) is 0.521. The molecule has 0 bridgehead atoms. The summed E-state index contributed by atoms with van der Waals surface area (Å²) in [6, 6.07) is 12.3. The van der Waals surface area contributed by atoms with Crippen LogP contribution in [0.2, 0.25) is 5.02 Å². The van der Waals surface area contributed by atoms with Crippen molar-refractivity contribution in [1.82, 2.24) is 4.98 Å². The lowest BCUT2D eigenvalue weighted by Crippen LogP contribution is -2.09. The van der Waals surface area contributed by atoms with E-state index in [1.807, 2.05) is 0 Å². The molecular weight excluding hydrogens is 372 g/mol.